The average Bonchev–Trinajstić information content (AvgIpc) is 2.68. The number of hydrogen-bond donors (Lipinski definition) is 1. The van der Waals surface area contributed by atoms with Crippen molar-refractivity contribution in [3.63, 3.8) is 0 Å². The molecule has 4 nitrogen and oxygen atoms in total. The summed E-state index contributed by atoms with van der Waals surface area (Å²) >= 11 is 0. The largest absolute Gasteiger partial charge is 0.366 e. The standard InChI is InChI=1S/C13H16N4/c1-9-3-2-4-10(7-9)11-5-6-17-12(8-11)15-13(14)16-17/h2-4,7,11H,5-6,8H2,1H3,(H2,14,16). The number of fused-ring (bicyclic) bond motifs is 1. The normalized spacial score (nSPS) is 19.0. The van der Waals surface area contributed by atoms with Gasteiger partial charge in [-0.1, -0.05) is 29.8 Å². The lowest BCUT2D eigenvalue weighted by atomic mass is 9.89. The zero-order valence-electron chi connectivity index (χ0n) is 9.93. The van der Waals surface area contributed by atoms with Crippen LogP contribution in [-0.2, 0) is 13.0 Å². The Kier molecular flexibility index (Phi) is 2.35. The molecule has 1 unspecified atom stereocenters. The minimum absolute atomic E-state index is 0.393. The molecule has 88 valence electrons. The van der Waals surface area contributed by atoms with Crippen molar-refractivity contribution in [3.05, 3.63) is 41.2 Å². The minimum atomic E-state index is 0.393. The highest BCUT2D eigenvalue weighted by molar-refractivity contribution is 5.27. The molecule has 0 aliphatic carbocycles. The molecule has 2 heterocycles. The molecule has 1 aliphatic heterocycles. The summed E-state index contributed by atoms with van der Waals surface area (Å²) in [7, 11) is 0. The van der Waals surface area contributed by atoms with Gasteiger partial charge in [-0.05, 0) is 24.8 Å². The van der Waals surface area contributed by atoms with Crippen LogP contribution in [0.2, 0.25) is 0 Å². The van der Waals surface area contributed by atoms with Crippen molar-refractivity contribution in [1.29, 1.82) is 0 Å². The number of aromatic nitrogens is 3. The van der Waals surface area contributed by atoms with E-state index in [9.17, 15) is 0 Å². The maximum absolute atomic E-state index is 5.62. The van der Waals surface area contributed by atoms with Gasteiger partial charge in [0.2, 0.25) is 5.95 Å². The van der Waals surface area contributed by atoms with Crippen LogP contribution in [0.25, 0.3) is 0 Å². The molecule has 0 amide bonds. The summed E-state index contributed by atoms with van der Waals surface area (Å²) in [4.78, 5) is 4.28. The molecule has 1 aliphatic rings. The van der Waals surface area contributed by atoms with Crippen LogP contribution in [0, 0.1) is 6.92 Å². The van der Waals surface area contributed by atoms with Crippen LogP contribution in [0.4, 0.5) is 5.95 Å². The maximum Gasteiger partial charge on any atom is 0.239 e. The smallest absolute Gasteiger partial charge is 0.239 e. The van der Waals surface area contributed by atoms with Gasteiger partial charge in [0.05, 0.1) is 0 Å². The first-order chi connectivity index (χ1) is 8.22. The van der Waals surface area contributed by atoms with Gasteiger partial charge < -0.3 is 5.73 Å². The number of anilines is 1. The summed E-state index contributed by atoms with van der Waals surface area (Å²) in [5.74, 6) is 1.95. The van der Waals surface area contributed by atoms with Crippen LogP contribution in [0.5, 0.6) is 0 Å². The van der Waals surface area contributed by atoms with E-state index >= 15 is 0 Å². The molecule has 1 atom stereocenters. The summed E-state index contributed by atoms with van der Waals surface area (Å²) in [6.45, 7) is 3.05. The van der Waals surface area contributed by atoms with Crippen molar-refractivity contribution < 1.29 is 0 Å². The van der Waals surface area contributed by atoms with E-state index in [1.807, 2.05) is 4.68 Å². The molecule has 0 saturated heterocycles. The quantitative estimate of drug-likeness (QED) is 0.811. The predicted octanol–water partition coefficient (Wildman–Crippen LogP) is 1.90. The Balaban J connectivity index is 1.88. The van der Waals surface area contributed by atoms with Gasteiger partial charge in [0.25, 0.3) is 0 Å². The van der Waals surface area contributed by atoms with Crippen molar-refractivity contribution in [3.8, 4) is 0 Å². The third-order valence-corrected chi connectivity index (χ3v) is 3.40. The summed E-state index contributed by atoms with van der Waals surface area (Å²) in [6, 6.07) is 8.72. The van der Waals surface area contributed by atoms with E-state index in [2.05, 4.69) is 41.3 Å². The van der Waals surface area contributed by atoms with Gasteiger partial charge in [-0.15, -0.1) is 5.10 Å². The first-order valence-electron chi connectivity index (χ1n) is 5.98. The molecule has 0 bridgehead atoms. The Morgan fingerprint density at radius 3 is 3.12 bits per heavy atom. The third-order valence-electron chi connectivity index (χ3n) is 3.40. The molecule has 1 aromatic carbocycles. The third kappa shape index (κ3) is 1.90. The first-order valence-corrected chi connectivity index (χ1v) is 5.98. The highest BCUT2D eigenvalue weighted by atomic mass is 15.4. The van der Waals surface area contributed by atoms with Gasteiger partial charge in [-0.25, -0.2) is 4.68 Å². The lowest BCUT2D eigenvalue weighted by Gasteiger charge is -2.22. The second-order valence-corrected chi connectivity index (χ2v) is 4.71. The highest BCUT2D eigenvalue weighted by Crippen LogP contribution is 2.29. The fourth-order valence-electron chi connectivity index (χ4n) is 2.53. The van der Waals surface area contributed by atoms with E-state index < -0.39 is 0 Å². The Hall–Kier alpha value is -1.84. The molecule has 2 aromatic rings. The van der Waals surface area contributed by atoms with Crippen LogP contribution < -0.4 is 5.73 Å². The van der Waals surface area contributed by atoms with Crippen molar-refractivity contribution in [2.24, 2.45) is 0 Å². The SMILES string of the molecule is Cc1cccc(C2CCn3nc(N)nc3C2)c1. The van der Waals surface area contributed by atoms with Crippen LogP contribution in [0.1, 0.15) is 29.3 Å². The van der Waals surface area contributed by atoms with Gasteiger partial charge >= 0.3 is 0 Å². The first kappa shape index (κ1) is 10.3. The number of nitrogens with two attached hydrogens (primary N) is 1. The van der Waals surface area contributed by atoms with Crippen LogP contribution in [0.15, 0.2) is 24.3 Å². The second kappa shape index (κ2) is 3.87. The van der Waals surface area contributed by atoms with E-state index in [0.717, 1.165) is 25.2 Å². The molecule has 17 heavy (non-hydrogen) atoms. The molecule has 0 saturated carbocycles. The number of rotatable bonds is 1. The summed E-state index contributed by atoms with van der Waals surface area (Å²) < 4.78 is 1.93. The van der Waals surface area contributed by atoms with E-state index in [1.54, 1.807) is 0 Å². The molecule has 0 fully saturated rings. The molecular weight excluding hydrogens is 212 g/mol. The fourth-order valence-corrected chi connectivity index (χ4v) is 2.53. The second-order valence-electron chi connectivity index (χ2n) is 4.71. The van der Waals surface area contributed by atoms with Crippen molar-refractivity contribution in [2.75, 3.05) is 5.73 Å². The van der Waals surface area contributed by atoms with Gasteiger partial charge in [-0.2, -0.15) is 4.98 Å². The number of nitrogens with zero attached hydrogens (tertiary/aromatic N) is 3. The Morgan fingerprint density at radius 2 is 2.29 bits per heavy atom. The molecule has 0 radical (unpaired) electrons. The van der Waals surface area contributed by atoms with E-state index in [-0.39, 0.29) is 0 Å². The van der Waals surface area contributed by atoms with Gasteiger partial charge in [0.15, 0.2) is 0 Å². The van der Waals surface area contributed by atoms with Crippen LogP contribution in [0.3, 0.4) is 0 Å². The van der Waals surface area contributed by atoms with Crippen molar-refractivity contribution >= 4 is 5.95 Å². The minimum Gasteiger partial charge on any atom is -0.366 e. The molecule has 1 aromatic heterocycles. The van der Waals surface area contributed by atoms with Gasteiger partial charge in [0.1, 0.15) is 5.82 Å². The number of hydrogen-bond acceptors (Lipinski definition) is 3. The lowest BCUT2D eigenvalue weighted by molar-refractivity contribution is 0.434. The number of benzene rings is 1. The molecule has 4 heteroatoms. The number of nitrogen functional groups attached to an aromatic ring is 1. The van der Waals surface area contributed by atoms with Gasteiger partial charge in [0, 0.05) is 13.0 Å². The van der Waals surface area contributed by atoms with E-state index in [0.29, 0.717) is 11.9 Å². The average molecular weight is 228 g/mol. The van der Waals surface area contributed by atoms with E-state index in [1.165, 1.54) is 11.1 Å². The van der Waals surface area contributed by atoms with Crippen LogP contribution >= 0.6 is 0 Å². The van der Waals surface area contributed by atoms with E-state index in [4.69, 9.17) is 5.73 Å². The summed E-state index contributed by atoms with van der Waals surface area (Å²) in [6.07, 6.45) is 2.05. The zero-order chi connectivity index (χ0) is 11.8. The predicted molar refractivity (Wildman–Crippen MR) is 66.7 cm³/mol. The topological polar surface area (TPSA) is 56.7 Å². The molecule has 2 N–H and O–H groups in total. The molecular formula is C13H16N4. The van der Waals surface area contributed by atoms with Crippen LogP contribution in [-0.4, -0.2) is 14.8 Å². The zero-order valence-corrected chi connectivity index (χ0v) is 9.93. The Morgan fingerprint density at radius 1 is 1.41 bits per heavy atom. The maximum atomic E-state index is 5.62. The highest BCUT2D eigenvalue weighted by Gasteiger charge is 2.22. The van der Waals surface area contributed by atoms with Crippen molar-refractivity contribution in [1.82, 2.24) is 14.8 Å². The monoisotopic (exact) mass is 228 g/mol. The van der Waals surface area contributed by atoms with Crippen molar-refractivity contribution in [2.45, 2.75) is 32.2 Å². The molecule has 3 rings (SSSR count). The lowest BCUT2D eigenvalue weighted by Crippen LogP contribution is -2.19. The summed E-state index contributed by atoms with van der Waals surface area (Å²) in [5.41, 5.74) is 8.34. The Labute approximate surface area is 100 Å². The summed E-state index contributed by atoms with van der Waals surface area (Å²) in [5, 5.41) is 4.18. The number of aryl methyl sites for hydroxylation is 2. The van der Waals surface area contributed by atoms with Gasteiger partial charge in [-0.3, -0.25) is 0 Å². The molecule has 0 spiro atoms. The Bertz CT molecular complexity index is 544. The fraction of sp³-hybridized carbons (Fsp3) is 0.385.